The van der Waals surface area contributed by atoms with Crippen LogP contribution in [0.3, 0.4) is 0 Å². The quantitative estimate of drug-likeness (QED) is 0.704. The lowest BCUT2D eigenvalue weighted by molar-refractivity contribution is 0.0947. The number of nitrogens with one attached hydrogen (secondary N) is 1. The molecule has 0 saturated carbocycles. The van der Waals surface area contributed by atoms with E-state index in [-0.39, 0.29) is 22.8 Å². The SMILES string of the molecule is Cc1ccc(-c2cc(CNC(=O)c3cc(Cl)nc(Cl)c3)on2)cc1. The average molecular weight is 362 g/mol. The standard InChI is InChI=1S/C17H13Cl2N3O2/c1-10-2-4-11(5-3-10)14-8-13(24-22-14)9-20-17(23)12-6-15(18)21-16(19)7-12/h2-8H,9H2,1H3,(H,20,23). The Labute approximate surface area is 148 Å². The van der Waals surface area contributed by atoms with Crippen molar-refractivity contribution in [2.45, 2.75) is 13.5 Å². The maximum Gasteiger partial charge on any atom is 0.251 e. The summed E-state index contributed by atoms with van der Waals surface area (Å²) >= 11 is 11.6. The van der Waals surface area contributed by atoms with Crippen LogP contribution in [0.2, 0.25) is 10.3 Å². The molecule has 7 heteroatoms. The van der Waals surface area contributed by atoms with Gasteiger partial charge in [0.05, 0.1) is 6.54 Å². The van der Waals surface area contributed by atoms with E-state index in [1.54, 1.807) is 6.07 Å². The summed E-state index contributed by atoms with van der Waals surface area (Å²) < 4.78 is 5.25. The van der Waals surface area contributed by atoms with Crippen molar-refractivity contribution in [2.24, 2.45) is 0 Å². The molecule has 24 heavy (non-hydrogen) atoms. The van der Waals surface area contributed by atoms with Crippen LogP contribution in [0, 0.1) is 6.92 Å². The average Bonchev–Trinajstić information content (AvgIpc) is 3.01. The highest BCUT2D eigenvalue weighted by Gasteiger charge is 2.11. The number of amides is 1. The molecule has 1 N–H and O–H groups in total. The lowest BCUT2D eigenvalue weighted by Crippen LogP contribution is -2.22. The summed E-state index contributed by atoms with van der Waals surface area (Å²) in [6, 6.07) is 12.6. The summed E-state index contributed by atoms with van der Waals surface area (Å²) in [6.45, 7) is 2.22. The number of halogens is 2. The van der Waals surface area contributed by atoms with Crippen LogP contribution < -0.4 is 5.32 Å². The second-order valence-electron chi connectivity index (χ2n) is 5.23. The Balaban J connectivity index is 1.67. The molecule has 0 radical (unpaired) electrons. The van der Waals surface area contributed by atoms with E-state index in [0.29, 0.717) is 17.0 Å². The smallest absolute Gasteiger partial charge is 0.251 e. The largest absolute Gasteiger partial charge is 0.359 e. The molecule has 3 rings (SSSR count). The Hall–Kier alpha value is -2.37. The van der Waals surface area contributed by atoms with Gasteiger partial charge < -0.3 is 9.84 Å². The maximum absolute atomic E-state index is 12.1. The number of carbonyl (C=O) groups excluding carboxylic acids is 1. The first kappa shape index (κ1) is 16.5. The molecule has 0 fully saturated rings. The molecule has 2 heterocycles. The van der Waals surface area contributed by atoms with Crippen molar-refractivity contribution in [3.63, 3.8) is 0 Å². The minimum Gasteiger partial charge on any atom is -0.359 e. The van der Waals surface area contributed by atoms with E-state index >= 15 is 0 Å². The van der Waals surface area contributed by atoms with E-state index in [1.807, 2.05) is 31.2 Å². The van der Waals surface area contributed by atoms with E-state index in [1.165, 1.54) is 17.7 Å². The molecule has 0 aliphatic rings. The van der Waals surface area contributed by atoms with Crippen LogP contribution in [-0.4, -0.2) is 16.0 Å². The van der Waals surface area contributed by atoms with E-state index in [4.69, 9.17) is 27.7 Å². The van der Waals surface area contributed by atoms with Gasteiger partial charge in [-0.15, -0.1) is 0 Å². The van der Waals surface area contributed by atoms with Gasteiger partial charge in [-0.1, -0.05) is 58.2 Å². The summed E-state index contributed by atoms with van der Waals surface area (Å²) in [5.74, 6) is 0.222. The number of rotatable bonds is 4. The number of nitrogens with zero attached hydrogens (tertiary/aromatic N) is 2. The van der Waals surface area contributed by atoms with Crippen LogP contribution in [0.1, 0.15) is 21.7 Å². The Morgan fingerprint density at radius 3 is 2.46 bits per heavy atom. The Morgan fingerprint density at radius 1 is 1.12 bits per heavy atom. The molecule has 5 nitrogen and oxygen atoms in total. The van der Waals surface area contributed by atoms with Crippen LogP contribution in [-0.2, 0) is 6.54 Å². The lowest BCUT2D eigenvalue weighted by atomic mass is 10.1. The zero-order chi connectivity index (χ0) is 17.1. The van der Waals surface area contributed by atoms with Crippen LogP contribution in [0.4, 0.5) is 0 Å². The molecule has 1 amide bonds. The molecule has 0 aliphatic carbocycles. The normalized spacial score (nSPS) is 10.6. The fourth-order valence-electron chi connectivity index (χ4n) is 2.12. The van der Waals surface area contributed by atoms with Gasteiger partial charge in [0, 0.05) is 17.2 Å². The van der Waals surface area contributed by atoms with Crippen LogP contribution in [0.5, 0.6) is 0 Å². The zero-order valence-corrected chi connectivity index (χ0v) is 14.2. The number of aryl methyl sites for hydroxylation is 1. The number of hydrogen-bond donors (Lipinski definition) is 1. The van der Waals surface area contributed by atoms with Crippen molar-refractivity contribution in [3.8, 4) is 11.3 Å². The minimum absolute atomic E-state index is 0.161. The Kier molecular flexibility index (Phi) is 4.83. The highest BCUT2D eigenvalue weighted by molar-refractivity contribution is 6.33. The van der Waals surface area contributed by atoms with Gasteiger partial charge in [0.1, 0.15) is 16.0 Å². The highest BCUT2D eigenvalue weighted by atomic mass is 35.5. The van der Waals surface area contributed by atoms with Crippen LogP contribution >= 0.6 is 23.2 Å². The van der Waals surface area contributed by atoms with Crippen LogP contribution in [0.15, 0.2) is 47.0 Å². The molecule has 1 aromatic carbocycles. The van der Waals surface area contributed by atoms with Gasteiger partial charge in [-0.05, 0) is 19.1 Å². The van der Waals surface area contributed by atoms with Crippen LogP contribution in [0.25, 0.3) is 11.3 Å². The van der Waals surface area contributed by atoms with Gasteiger partial charge in [0.15, 0.2) is 5.76 Å². The zero-order valence-electron chi connectivity index (χ0n) is 12.7. The van der Waals surface area contributed by atoms with Crippen molar-refractivity contribution >= 4 is 29.1 Å². The van der Waals surface area contributed by atoms with Crippen molar-refractivity contribution < 1.29 is 9.32 Å². The highest BCUT2D eigenvalue weighted by Crippen LogP contribution is 2.20. The molecule has 0 atom stereocenters. The molecule has 0 spiro atoms. The van der Waals surface area contributed by atoms with Crippen molar-refractivity contribution in [3.05, 3.63) is 69.7 Å². The molecule has 3 aromatic rings. The van der Waals surface area contributed by atoms with E-state index in [9.17, 15) is 4.79 Å². The number of aromatic nitrogens is 2. The first-order valence-electron chi connectivity index (χ1n) is 7.15. The summed E-state index contributed by atoms with van der Waals surface area (Å²) in [5.41, 5.74) is 3.17. The van der Waals surface area contributed by atoms with Crippen molar-refractivity contribution in [1.82, 2.24) is 15.5 Å². The topological polar surface area (TPSA) is 68.0 Å². The summed E-state index contributed by atoms with van der Waals surface area (Å²) in [7, 11) is 0. The fourth-order valence-corrected chi connectivity index (χ4v) is 2.58. The molecular weight excluding hydrogens is 349 g/mol. The minimum atomic E-state index is -0.325. The Bertz CT molecular complexity index is 856. The fraction of sp³-hybridized carbons (Fsp3) is 0.118. The summed E-state index contributed by atoms with van der Waals surface area (Å²) in [4.78, 5) is 15.9. The summed E-state index contributed by atoms with van der Waals surface area (Å²) in [5, 5.41) is 7.06. The first-order chi connectivity index (χ1) is 11.5. The Morgan fingerprint density at radius 2 is 1.79 bits per heavy atom. The van der Waals surface area contributed by atoms with E-state index in [2.05, 4.69) is 15.5 Å². The molecule has 0 bridgehead atoms. The molecule has 2 aromatic heterocycles. The molecule has 0 saturated heterocycles. The number of carbonyl (C=O) groups is 1. The van der Waals surface area contributed by atoms with Gasteiger partial charge in [0.2, 0.25) is 0 Å². The molecule has 0 unspecified atom stereocenters. The van der Waals surface area contributed by atoms with Gasteiger partial charge >= 0.3 is 0 Å². The van der Waals surface area contributed by atoms with E-state index in [0.717, 1.165) is 5.56 Å². The summed E-state index contributed by atoms with van der Waals surface area (Å²) in [6.07, 6.45) is 0. The number of hydrogen-bond acceptors (Lipinski definition) is 4. The van der Waals surface area contributed by atoms with Gasteiger partial charge in [-0.2, -0.15) is 0 Å². The second-order valence-corrected chi connectivity index (χ2v) is 6.00. The predicted molar refractivity (Wildman–Crippen MR) is 92.1 cm³/mol. The van der Waals surface area contributed by atoms with Gasteiger partial charge in [-0.3, -0.25) is 4.79 Å². The predicted octanol–water partition coefficient (Wildman–Crippen LogP) is 4.28. The maximum atomic E-state index is 12.1. The number of benzene rings is 1. The third-order valence-corrected chi connectivity index (χ3v) is 3.74. The third kappa shape index (κ3) is 3.93. The third-order valence-electron chi connectivity index (χ3n) is 3.35. The monoisotopic (exact) mass is 361 g/mol. The molecule has 0 aliphatic heterocycles. The van der Waals surface area contributed by atoms with Gasteiger partial charge in [0.25, 0.3) is 5.91 Å². The van der Waals surface area contributed by atoms with Gasteiger partial charge in [-0.25, -0.2) is 4.98 Å². The molecular formula is C17H13Cl2N3O2. The first-order valence-corrected chi connectivity index (χ1v) is 7.91. The van der Waals surface area contributed by atoms with Crippen molar-refractivity contribution in [2.75, 3.05) is 0 Å². The second kappa shape index (κ2) is 7.03. The van der Waals surface area contributed by atoms with E-state index < -0.39 is 0 Å². The van der Waals surface area contributed by atoms with Crippen molar-refractivity contribution in [1.29, 1.82) is 0 Å². The lowest BCUT2D eigenvalue weighted by Gasteiger charge is -2.03. The molecule has 122 valence electrons. The number of pyridine rings is 1.